The first-order chi connectivity index (χ1) is 14.2. The fourth-order valence-electron chi connectivity index (χ4n) is 2.97. The SMILES string of the molecule is N#C/C(=C\c1cn(Cc2ccccc2)nc1-c1cccnc1)C(=O)c1cccs1. The van der Waals surface area contributed by atoms with Crippen LogP contribution in [0.15, 0.2) is 84.1 Å². The van der Waals surface area contributed by atoms with E-state index in [1.165, 1.54) is 11.3 Å². The molecule has 3 aromatic heterocycles. The first-order valence-corrected chi connectivity index (χ1v) is 9.84. The summed E-state index contributed by atoms with van der Waals surface area (Å²) in [5, 5.41) is 16.1. The van der Waals surface area contributed by atoms with Gasteiger partial charge in [0.1, 0.15) is 17.3 Å². The van der Waals surface area contributed by atoms with E-state index in [9.17, 15) is 10.1 Å². The van der Waals surface area contributed by atoms with E-state index >= 15 is 0 Å². The number of carbonyl (C=O) groups excluding carboxylic acids is 1. The van der Waals surface area contributed by atoms with E-state index in [-0.39, 0.29) is 11.4 Å². The van der Waals surface area contributed by atoms with Crippen LogP contribution in [0, 0.1) is 11.3 Å². The molecule has 0 N–H and O–H groups in total. The number of Topliss-reactive ketones (excluding diaryl/α,β-unsaturated/α-hetero) is 1. The van der Waals surface area contributed by atoms with Gasteiger partial charge in [0.05, 0.1) is 11.4 Å². The standard InChI is InChI=1S/C23H16N4OS/c24-13-19(23(28)21-9-5-11-29-21)12-20-16-27(15-17-6-2-1-3-7-17)26-22(20)18-8-4-10-25-14-18/h1-12,14,16H,15H2/b19-12+. The third kappa shape index (κ3) is 4.21. The largest absolute Gasteiger partial charge is 0.287 e. The molecule has 0 radical (unpaired) electrons. The second-order valence-corrected chi connectivity index (χ2v) is 7.28. The van der Waals surface area contributed by atoms with Gasteiger partial charge < -0.3 is 0 Å². The minimum atomic E-state index is -0.282. The van der Waals surface area contributed by atoms with E-state index in [0.717, 1.165) is 11.1 Å². The average Bonchev–Trinajstić information content (AvgIpc) is 3.43. The summed E-state index contributed by atoms with van der Waals surface area (Å²) in [7, 11) is 0. The summed E-state index contributed by atoms with van der Waals surface area (Å²) < 4.78 is 1.81. The van der Waals surface area contributed by atoms with Gasteiger partial charge in [-0.05, 0) is 35.2 Å². The normalized spacial score (nSPS) is 11.2. The number of hydrogen-bond acceptors (Lipinski definition) is 5. The maximum absolute atomic E-state index is 12.7. The van der Waals surface area contributed by atoms with E-state index in [4.69, 9.17) is 5.10 Å². The third-order valence-electron chi connectivity index (χ3n) is 4.32. The lowest BCUT2D eigenvalue weighted by Crippen LogP contribution is -2.00. The number of hydrogen-bond donors (Lipinski definition) is 0. The van der Waals surface area contributed by atoms with Crippen molar-refractivity contribution in [3.63, 3.8) is 0 Å². The molecule has 4 aromatic rings. The van der Waals surface area contributed by atoms with E-state index in [1.54, 1.807) is 30.6 Å². The van der Waals surface area contributed by atoms with Crippen LogP contribution in [-0.2, 0) is 6.54 Å². The molecular weight excluding hydrogens is 380 g/mol. The molecule has 1 aromatic carbocycles. The Hall–Kier alpha value is -3.82. The molecule has 5 nitrogen and oxygen atoms in total. The Morgan fingerprint density at radius 1 is 1.14 bits per heavy atom. The van der Waals surface area contributed by atoms with Crippen molar-refractivity contribution in [2.45, 2.75) is 6.54 Å². The highest BCUT2D eigenvalue weighted by Gasteiger charge is 2.16. The number of rotatable bonds is 6. The van der Waals surface area contributed by atoms with Gasteiger partial charge in [0.2, 0.25) is 5.78 Å². The number of nitrogens with zero attached hydrogens (tertiary/aromatic N) is 4. The molecule has 0 amide bonds. The lowest BCUT2D eigenvalue weighted by Gasteiger charge is -2.01. The summed E-state index contributed by atoms with van der Waals surface area (Å²) in [6.45, 7) is 0.586. The van der Waals surface area contributed by atoms with Gasteiger partial charge in [-0.15, -0.1) is 11.3 Å². The van der Waals surface area contributed by atoms with Crippen molar-refractivity contribution in [2.24, 2.45) is 0 Å². The molecule has 0 spiro atoms. The summed E-state index contributed by atoms with van der Waals surface area (Å²) in [6, 6.07) is 19.3. The van der Waals surface area contributed by atoms with E-state index in [2.05, 4.69) is 4.98 Å². The molecule has 0 aliphatic rings. The van der Waals surface area contributed by atoms with Crippen molar-refractivity contribution < 1.29 is 4.79 Å². The van der Waals surface area contributed by atoms with Gasteiger partial charge in [-0.2, -0.15) is 10.4 Å². The molecule has 0 fully saturated rings. The fraction of sp³-hybridized carbons (Fsp3) is 0.0435. The van der Waals surface area contributed by atoms with Crippen molar-refractivity contribution in [1.82, 2.24) is 14.8 Å². The van der Waals surface area contributed by atoms with Crippen LogP contribution in [0.5, 0.6) is 0 Å². The van der Waals surface area contributed by atoms with Gasteiger partial charge >= 0.3 is 0 Å². The molecule has 6 heteroatoms. The van der Waals surface area contributed by atoms with Crippen molar-refractivity contribution in [3.05, 3.63) is 100 Å². The van der Waals surface area contributed by atoms with Crippen LogP contribution in [-0.4, -0.2) is 20.5 Å². The number of ketones is 1. The van der Waals surface area contributed by atoms with Crippen LogP contribution in [0.25, 0.3) is 17.3 Å². The molecule has 0 aliphatic carbocycles. The average molecular weight is 396 g/mol. The first kappa shape index (κ1) is 18.5. The second kappa shape index (κ2) is 8.46. The minimum Gasteiger partial charge on any atom is -0.287 e. The summed E-state index contributed by atoms with van der Waals surface area (Å²) >= 11 is 1.32. The van der Waals surface area contributed by atoms with Crippen LogP contribution in [0.3, 0.4) is 0 Å². The van der Waals surface area contributed by atoms with E-state index < -0.39 is 0 Å². The summed E-state index contributed by atoms with van der Waals surface area (Å²) in [6.07, 6.45) is 6.88. The fourth-order valence-corrected chi connectivity index (χ4v) is 3.64. The van der Waals surface area contributed by atoms with Gasteiger partial charge in [0.25, 0.3) is 0 Å². The van der Waals surface area contributed by atoms with Crippen molar-refractivity contribution in [3.8, 4) is 17.3 Å². The molecule has 0 saturated carbocycles. The maximum Gasteiger partial charge on any atom is 0.213 e. The van der Waals surface area contributed by atoms with E-state index in [0.29, 0.717) is 22.7 Å². The molecule has 0 atom stereocenters. The van der Waals surface area contributed by atoms with Crippen molar-refractivity contribution >= 4 is 23.2 Å². The van der Waals surface area contributed by atoms with Crippen LogP contribution in [0.1, 0.15) is 20.8 Å². The number of nitriles is 1. The number of pyridine rings is 1. The topological polar surface area (TPSA) is 71.6 Å². The highest BCUT2D eigenvalue weighted by atomic mass is 32.1. The number of benzene rings is 1. The predicted molar refractivity (Wildman–Crippen MR) is 113 cm³/mol. The molecule has 0 unspecified atom stereocenters. The second-order valence-electron chi connectivity index (χ2n) is 6.33. The highest BCUT2D eigenvalue weighted by molar-refractivity contribution is 7.12. The molecule has 29 heavy (non-hydrogen) atoms. The van der Waals surface area contributed by atoms with Gasteiger partial charge in [0, 0.05) is 29.7 Å². The lowest BCUT2D eigenvalue weighted by molar-refractivity contribution is 0.104. The van der Waals surface area contributed by atoms with Gasteiger partial charge in [-0.3, -0.25) is 14.5 Å². The molecular formula is C23H16N4OS. The predicted octanol–water partition coefficient (Wildman–Crippen LogP) is 4.84. The lowest BCUT2D eigenvalue weighted by atomic mass is 10.0. The zero-order chi connectivity index (χ0) is 20.1. The van der Waals surface area contributed by atoms with Crippen LogP contribution in [0.2, 0.25) is 0 Å². The van der Waals surface area contributed by atoms with Gasteiger partial charge in [-0.25, -0.2) is 0 Å². The number of allylic oxidation sites excluding steroid dienone is 1. The molecule has 140 valence electrons. The Morgan fingerprint density at radius 3 is 2.69 bits per heavy atom. The van der Waals surface area contributed by atoms with Crippen molar-refractivity contribution in [1.29, 1.82) is 5.26 Å². The number of carbonyl (C=O) groups is 1. The molecule has 0 bridgehead atoms. The summed E-state index contributed by atoms with van der Waals surface area (Å²) in [5.74, 6) is -0.282. The van der Waals surface area contributed by atoms with Gasteiger partial charge in [0.15, 0.2) is 0 Å². The molecule has 3 heterocycles. The molecule has 0 aliphatic heterocycles. The van der Waals surface area contributed by atoms with Crippen LogP contribution < -0.4 is 0 Å². The Balaban J connectivity index is 1.76. The van der Waals surface area contributed by atoms with E-state index in [1.807, 2.05) is 64.8 Å². The zero-order valence-electron chi connectivity index (χ0n) is 15.4. The van der Waals surface area contributed by atoms with Crippen molar-refractivity contribution in [2.75, 3.05) is 0 Å². The Morgan fingerprint density at radius 2 is 2.00 bits per heavy atom. The zero-order valence-corrected chi connectivity index (χ0v) is 16.2. The Labute approximate surface area is 172 Å². The Bertz CT molecular complexity index is 1190. The summed E-state index contributed by atoms with van der Waals surface area (Å²) in [4.78, 5) is 17.4. The number of aromatic nitrogens is 3. The van der Waals surface area contributed by atoms with Gasteiger partial charge in [-0.1, -0.05) is 36.4 Å². The smallest absolute Gasteiger partial charge is 0.213 e. The molecule has 4 rings (SSSR count). The summed E-state index contributed by atoms with van der Waals surface area (Å²) in [5.41, 5.74) is 3.40. The maximum atomic E-state index is 12.7. The quantitative estimate of drug-likeness (QED) is 0.265. The monoisotopic (exact) mass is 396 g/mol. The van der Waals surface area contributed by atoms with Crippen LogP contribution >= 0.6 is 11.3 Å². The third-order valence-corrected chi connectivity index (χ3v) is 5.19. The van der Waals surface area contributed by atoms with Crippen LogP contribution in [0.4, 0.5) is 0 Å². The number of thiophene rings is 1. The first-order valence-electron chi connectivity index (χ1n) is 8.96. The highest BCUT2D eigenvalue weighted by Crippen LogP contribution is 2.25. The Kier molecular flexibility index (Phi) is 5.41. The minimum absolute atomic E-state index is 0.0804. The molecule has 0 saturated heterocycles.